The smallest absolute Gasteiger partial charge is 0.188 e. The summed E-state index contributed by atoms with van der Waals surface area (Å²) in [5.74, 6) is -0.368. The molecule has 0 bridgehead atoms. The van der Waals surface area contributed by atoms with Crippen molar-refractivity contribution in [3.05, 3.63) is 48.2 Å². The maximum atomic E-state index is 6.05. The van der Waals surface area contributed by atoms with Gasteiger partial charge in [-0.3, -0.25) is 5.73 Å². The van der Waals surface area contributed by atoms with Gasteiger partial charge in [0.05, 0.1) is 0 Å². The highest BCUT2D eigenvalue weighted by atomic mass is 15.3. The Morgan fingerprint density at radius 1 is 1.27 bits per heavy atom. The van der Waals surface area contributed by atoms with Gasteiger partial charge in [0.2, 0.25) is 0 Å². The Bertz CT molecular complexity index is 396. The van der Waals surface area contributed by atoms with Crippen molar-refractivity contribution in [3.8, 4) is 0 Å². The fourth-order valence-corrected chi connectivity index (χ4v) is 1.57. The summed E-state index contributed by atoms with van der Waals surface area (Å²) >= 11 is 0. The lowest BCUT2D eigenvalue weighted by molar-refractivity contribution is 0.390. The van der Waals surface area contributed by atoms with Gasteiger partial charge >= 0.3 is 0 Å². The minimum absolute atomic E-state index is 0.451. The standard InChI is InChI=1S/C11H14N4/c12-10-6-7-14-11(13,15-10)8-9-4-2-1-3-5-9/h1-7,14H,8,13H2,(H2,12,15). The molecule has 0 aromatic heterocycles. The Labute approximate surface area is 88.7 Å². The van der Waals surface area contributed by atoms with Crippen molar-refractivity contribution in [3.63, 3.8) is 0 Å². The molecule has 4 nitrogen and oxygen atoms in total. The SMILES string of the molecule is NC1=NC(N)(Cc2ccccc2)NC=C1. The third-order valence-corrected chi connectivity index (χ3v) is 2.23. The highest BCUT2D eigenvalue weighted by Gasteiger charge is 2.24. The first-order valence-corrected chi connectivity index (χ1v) is 4.80. The number of hydrogen-bond acceptors (Lipinski definition) is 4. The van der Waals surface area contributed by atoms with E-state index < -0.39 is 5.79 Å². The molecule has 1 heterocycles. The van der Waals surface area contributed by atoms with Crippen LogP contribution in [0.1, 0.15) is 5.56 Å². The fraction of sp³-hybridized carbons (Fsp3) is 0.182. The average Bonchev–Trinajstić information content (AvgIpc) is 2.18. The molecule has 1 atom stereocenters. The summed E-state index contributed by atoms with van der Waals surface area (Å²) in [6.45, 7) is 0. The molecule has 1 aliphatic heterocycles. The molecular formula is C11H14N4. The van der Waals surface area contributed by atoms with Gasteiger partial charge in [-0.2, -0.15) is 0 Å². The summed E-state index contributed by atoms with van der Waals surface area (Å²) in [6.07, 6.45) is 4.03. The van der Waals surface area contributed by atoms with Crippen LogP contribution in [0.2, 0.25) is 0 Å². The summed E-state index contributed by atoms with van der Waals surface area (Å²) in [7, 11) is 0. The Morgan fingerprint density at radius 3 is 2.67 bits per heavy atom. The Kier molecular flexibility index (Phi) is 2.43. The van der Waals surface area contributed by atoms with Gasteiger partial charge in [0, 0.05) is 12.6 Å². The zero-order valence-corrected chi connectivity index (χ0v) is 8.35. The molecule has 1 unspecified atom stereocenters. The van der Waals surface area contributed by atoms with Crippen molar-refractivity contribution in [1.29, 1.82) is 0 Å². The lowest BCUT2D eigenvalue weighted by Gasteiger charge is -2.28. The molecule has 5 N–H and O–H groups in total. The molecule has 78 valence electrons. The van der Waals surface area contributed by atoms with Crippen molar-refractivity contribution >= 4 is 5.84 Å². The lowest BCUT2D eigenvalue weighted by Crippen LogP contribution is -2.54. The number of nitrogens with two attached hydrogens (primary N) is 2. The number of nitrogens with zero attached hydrogens (tertiary/aromatic N) is 1. The predicted octanol–water partition coefficient (Wildman–Crippen LogP) is 0.316. The van der Waals surface area contributed by atoms with Crippen LogP contribution in [0.4, 0.5) is 0 Å². The molecule has 1 aromatic carbocycles. The summed E-state index contributed by atoms with van der Waals surface area (Å²) in [4.78, 5) is 4.18. The van der Waals surface area contributed by atoms with E-state index >= 15 is 0 Å². The monoisotopic (exact) mass is 202 g/mol. The summed E-state index contributed by atoms with van der Waals surface area (Å²) in [5, 5.41) is 3.00. The molecule has 1 aromatic rings. The first kappa shape index (κ1) is 9.73. The second kappa shape index (κ2) is 3.74. The van der Waals surface area contributed by atoms with Gasteiger partial charge in [-0.25, -0.2) is 4.99 Å². The Hall–Kier alpha value is -1.81. The number of amidine groups is 1. The Balaban J connectivity index is 2.16. The highest BCUT2D eigenvalue weighted by Crippen LogP contribution is 2.11. The predicted molar refractivity (Wildman–Crippen MR) is 61.0 cm³/mol. The van der Waals surface area contributed by atoms with Crippen LogP contribution < -0.4 is 16.8 Å². The van der Waals surface area contributed by atoms with E-state index in [2.05, 4.69) is 10.3 Å². The van der Waals surface area contributed by atoms with Crippen LogP contribution in [0, 0.1) is 0 Å². The van der Waals surface area contributed by atoms with E-state index in [0.29, 0.717) is 12.3 Å². The van der Waals surface area contributed by atoms with Crippen LogP contribution >= 0.6 is 0 Å². The highest BCUT2D eigenvalue weighted by molar-refractivity contribution is 5.92. The first-order chi connectivity index (χ1) is 7.18. The zero-order valence-electron chi connectivity index (χ0n) is 8.35. The average molecular weight is 202 g/mol. The van der Waals surface area contributed by atoms with Crippen LogP contribution in [0.25, 0.3) is 0 Å². The third-order valence-electron chi connectivity index (χ3n) is 2.23. The van der Waals surface area contributed by atoms with Gasteiger partial charge in [-0.15, -0.1) is 0 Å². The molecule has 0 fully saturated rings. The van der Waals surface area contributed by atoms with Crippen LogP contribution in [0.15, 0.2) is 47.6 Å². The topological polar surface area (TPSA) is 76.4 Å². The van der Waals surface area contributed by atoms with Crippen molar-refractivity contribution < 1.29 is 0 Å². The van der Waals surface area contributed by atoms with E-state index in [9.17, 15) is 0 Å². The number of aliphatic imine (C=N–C) groups is 1. The Morgan fingerprint density at radius 2 is 2.00 bits per heavy atom. The minimum Gasteiger partial charge on any atom is -0.384 e. The number of nitrogens with one attached hydrogen (secondary N) is 1. The molecule has 0 aliphatic carbocycles. The third kappa shape index (κ3) is 2.35. The minimum atomic E-state index is -0.819. The van der Waals surface area contributed by atoms with Crippen LogP contribution in [-0.4, -0.2) is 11.6 Å². The van der Waals surface area contributed by atoms with E-state index in [4.69, 9.17) is 11.5 Å². The van der Waals surface area contributed by atoms with E-state index in [1.54, 1.807) is 12.3 Å². The van der Waals surface area contributed by atoms with Gasteiger partial charge in [0.1, 0.15) is 5.84 Å². The normalized spacial score (nSPS) is 24.5. The van der Waals surface area contributed by atoms with E-state index in [-0.39, 0.29) is 0 Å². The quantitative estimate of drug-likeness (QED) is 0.646. The zero-order chi connectivity index (χ0) is 10.7. The van der Waals surface area contributed by atoms with Crippen molar-refractivity contribution in [1.82, 2.24) is 5.32 Å². The summed E-state index contributed by atoms with van der Waals surface area (Å²) < 4.78 is 0. The van der Waals surface area contributed by atoms with Gasteiger partial charge < -0.3 is 11.1 Å². The maximum Gasteiger partial charge on any atom is 0.188 e. The number of hydrogen-bond donors (Lipinski definition) is 3. The van der Waals surface area contributed by atoms with E-state index in [1.807, 2.05) is 30.3 Å². The molecule has 15 heavy (non-hydrogen) atoms. The van der Waals surface area contributed by atoms with Crippen molar-refractivity contribution in [2.45, 2.75) is 12.2 Å². The van der Waals surface area contributed by atoms with E-state index in [1.165, 1.54) is 0 Å². The van der Waals surface area contributed by atoms with Crippen LogP contribution in [0.5, 0.6) is 0 Å². The molecule has 0 radical (unpaired) electrons. The summed E-state index contributed by atoms with van der Waals surface area (Å²) in [6, 6.07) is 9.95. The van der Waals surface area contributed by atoms with Gasteiger partial charge in [-0.05, 0) is 11.6 Å². The van der Waals surface area contributed by atoms with Gasteiger partial charge in [-0.1, -0.05) is 30.3 Å². The maximum absolute atomic E-state index is 6.05. The molecule has 0 amide bonds. The fourth-order valence-electron chi connectivity index (χ4n) is 1.57. The van der Waals surface area contributed by atoms with Crippen LogP contribution in [0.3, 0.4) is 0 Å². The molecule has 0 saturated carbocycles. The van der Waals surface area contributed by atoms with Gasteiger partial charge in [0.25, 0.3) is 0 Å². The largest absolute Gasteiger partial charge is 0.384 e. The first-order valence-electron chi connectivity index (χ1n) is 4.80. The second-order valence-electron chi connectivity index (χ2n) is 3.60. The second-order valence-corrected chi connectivity index (χ2v) is 3.60. The molecule has 0 saturated heterocycles. The molecule has 0 spiro atoms. The summed E-state index contributed by atoms with van der Waals surface area (Å²) in [5.41, 5.74) is 12.8. The number of benzene rings is 1. The molecular weight excluding hydrogens is 188 g/mol. The van der Waals surface area contributed by atoms with Gasteiger partial charge in [0.15, 0.2) is 5.79 Å². The van der Waals surface area contributed by atoms with Crippen molar-refractivity contribution in [2.24, 2.45) is 16.5 Å². The number of rotatable bonds is 2. The molecule has 2 rings (SSSR count). The molecule has 4 heteroatoms. The van der Waals surface area contributed by atoms with Crippen LogP contribution in [-0.2, 0) is 6.42 Å². The van der Waals surface area contributed by atoms with E-state index in [0.717, 1.165) is 5.56 Å². The van der Waals surface area contributed by atoms with Crippen molar-refractivity contribution in [2.75, 3.05) is 0 Å². The molecule has 1 aliphatic rings. The lowest BCUT2D eigenvalue weighted by atomic mass is 10.1.